The third-order valence-corrected chi connectivity index (χ3v) is 7.38. The van der Waals surface area contributed by atoms with Crippen LogP contribution in [0.3, 0.4) is 0 Å². The van der Waals surface area contributed by atoms with Gasteiger partial charge in [-0.3, -0.25) is 9.69 Å². The molecule has 2 atom stereocenters. The standard InChI is InChI=1S/C35H34N2O6/c1-41-34(39)31(20-27-15-10-18-30(19-27)42-23-25-11-4-2-5-12-25)36-33(38)32-21-28-16-8-9-17-29(28)22-37(32)35(40)43-24-26-13-6-3-7-14-26/h2-19,31-32H,20-24H2,1H3,(H,36,38)/t31-,32+/m1/s1. The lowest BCUT2D eigenvalue weighted by Gasteiger charge is -2.35. The first kappa shape index (κ1) is 29.4. The summed E-state index contributed by atoms with van der Waals surface area (Å²) < 4.78 is 16.6. The Morgan fingerprint density at radius 3 is 2.12 bits per heavy atom. The van der Waals surface area contributed by atoms with Crippen molar-refractivity contribution in [1.29, 1.82) is 0 Å². The number of ether oxygens (including phenoxy) is 3. The van der Waals surface area contributed by atoms with Crippen molar-refractivity contribution >= 4 is 18.0 Å². The fourth-order valence-corrected chi connectivity index (χ4v) is 5.09. The van der Waals surface area contributed by atoms with Crippen LogP contribution in [-0.2, 0) is 51.7 Å². The number of nitrogens with one attached hydrogen (secondary N) is 1. The molecular weight excluding hydrogens is 544 g/mol. The van der Waals surface area contributed by atoms with Gasteiger partial charge in [0, 0.05) is 12.8 Å². The summed E-state index contributed by atoms with van der Waals surface area (Å²) in [6, 6.07) is 32.4. The van der Waals surface area contributed by atoms with Crippen molar-refractivity contribution in [3.8, 4) is 5.75 Å². The first-order valence-corrected chi connectivity index (χ1v) is 14.2. The molecule has 8 nitrogen and oxygen atoms in total. The lowest BCUT2D eigenvalue weighted by molar-refractivity contribution is -0.145. The maximum atomic E-state index is 13.8. The molecule has 0 fully saturated rings. The molecule has 0 aliphatic carbocycles. The van der Waals surface area contributed by atoms with Crippen LogP contribution in [0.1, 0.15) is 27.8 Å². The predicted octanol–water partition coefficient (Wildman–Crippen LogP) is 5.23. The SMILES string of the molecule is COC(=O)[C@@H](Cc1cccc(OCc2ccccc2)c1)NC(=O)[C@@H]1Cc2ccccc2CN1C(=O)OCc1ccccc1. The molecule has 2 amide bonds. The van der Waals surface area contributed by atoms with E-state index >= 15 is 0 Å². The zero-order chi connectivity index (χ0) is 30.0. The smallest absolute Gasteiger partial charge is 0.411 e. The van der Waals surface area contributed by atoms with Crippen LogP contribution in [0.5, 0.6) is 5.75 Å². The third-order valence-electron chi connectivity index (χ3n) is 7.38. The Hall–Kier alpha value is -5.11. The van der Waals surface area contributed by atoms with E-state index in [9.17, 15) is 14.4 Å². The molecular formula is C35H34N2O6. The molecule has 1 N–H and O–H groups in total. The Kier molecular flexibility index (Phi) is 9.69. The number of hydrogen-bond donors (Lipinski definition) is 1. The Morgan fingerprint density at radius 1 is 0.791 bits per heavy atom. The molecule has 1 aliphatic rings. The highest BCUT2D eigenvalue weighted by molar-refractivity contribution is 5.90. The van der Waals surface area contributed by atoms with Gasteiger partial charge >= 0.3 is 12.1 Å². The Labute approximate surface area is 251 Å². The summed E-state index contributed by atoms with van der Waals surface area (Å²) in [5.41, 5.74) is 4.57. The summed E-state index contributed by atoms with van der Waals surface area (Å²) in [5, 5.41) is 2.85. The van der Waals surface area contributed by atoms with Crippen LogP contribution in [0.4, 0.5) is 4.79 Å². The first-order chi connectivity index (χ1) is 21.0. The van der Waals surface area contributed by atoms with Gasteiger partial charge in [-0.1, -0.05) is 97.1 Å². The fraction of sp³-hybridized carbons (Fsp3) is 0.229. The van der Waals surface area contributed by atoms with Crippen LogP contribution in [0.15, 0.2) is 109 Å². The highest BCUT2D eigenvalue weighted by atomic mass is 16.6. The van der Waals surface area contributed by atoms with Gasteiger partial charge in [0.25, 0.3) is 0 Å². The number of rotatable bonds is 10. The predicted molar refractivity (Wildman–Crippen MR) is 161 cm³/mol. The van der Waals surface area contributed by atoms with E-state index in [1.807, 2.05) is 109 Å². The number of fused-ring (bicyclic) bond motifs is 1. The van der Waals surface area contributed by atoms with Crippen LogP contribution in [0.25, 0.3) is 0 Å². The summed E-state index contributed by atoms with van der Waals surface area (Å²) in [5.74, 6) is -0.399. The summed E-state index contributed by atoms with van der Waals surface area (Å²) in [6.07, 6.45) is -0.126. The molecule has 1 aliphatic heterocycles. The Bertz CT molecular complexity index is 1540. The molecule has 0 saturated heterocycles. The van der Waals surface area contributed by atoms with E-state index in [2.05, 4.69) is 5.32 Å². The van der Waals surface area contributed by atoms with Crippen molar-refractivity contribution in [2.45, 2.75) is 44.7 Å². The van der Waals surface area contributed by atoms with Crippen molar-refractivity contribution in [1.82, 2.24) is 10.2 Å². The first-order valence-electron chi connectivity index (χ1n) is 14.2. The van der Waals surface area contributed by atoms with Gasteiger partial charge < -0.3 is 19.5 Å². The molecule has 0 spiro atoms. The maximum Gasteiger partial charge on any atom is 0.411 e. The largest absolute Gasteiger partial charge is 0.489 e. The lowest BCUT2D eigenvalue weighted by atomic mass is 9.93. The monoisotopic (exact) mass is 578 g/mol. The average molecular weight is 579 g/mol. The second-order valence-electron chi connectivity index (χ2n) is 10.4. The van der Waals surface area contributed by atoms with E-state index in [-0.39, 0.29) is 19.6 Å². The number of hydrogen-bond acceptors (Lipinski definition) is 6. The Balaban J connectivity index is 1.29. The fourth-order valence-electron chi connectivity index (χ4n) is 5.09. The molecule has 5 rings (SSSR count). The number of carbonyl (C=O) groups excluding carboxylic acids is 3. The van der Waals surface area contributed by atoms with E-state index in [0.717, 1.165) is 27.8 Å². The second kappa shape index (κ2) is 14.2. The molecule has 1 heterocycles. The van der Waals surface area contributed by atoms with E-state index in [1.165, 1.54) is 12.0 Å². The van der Waals surface area contributed by atoms with Crippen LogP contribution < -0.4 is 10.1 Å². The number of benzene rings is 4. The van der Waals surface area contributed by atoms with Crippen molar-refractivity contribution in [2.24, 2.45) is 0 Å². The number of carbonyl (C=O) groups is 3. The third kappa shape index (κ3) is 7.80. The van der Waals surface area contributed by atoms with Crippen LogP contribution in [0, 0.1) is 0 Å². The van der Waals surface area contributed by atoms with Crippen molar-refractivity contribution in [3.05, 3.63) is 137 Å². The van der Waals surface area contributed by atoms with Gasteiger partial charge in [0.1, 0.15) is 31.0 Å². The number of esters is 1. The summed E-state index contributed by atoms with van der Waals surface area (Å²) in [4.78, 5) is 41.3. The van der Waals surface area contributed by atoms with Crippen molar-refractivity contribution < 1.29 is 28.6 Å². The summed E-state index contributed by atoms with van der Waals surface area (Å²) in [6.45, 7) is 0.700. The van der Waals surface area contributed by atoms with Crippen molar-refractivity contribution in [2.75, 3.05) is 7.11 Å². The topological polar surface area (TPSA) is 94.2 Å². The number of amides is 2. The normalized spacial score (nSPS) is 14.6. The van der Waals surface area contributed by atoms with E-state index < -0.39 is 30.1 Å². The molecule has 43 heavy (non-hydrogen) atoms. The highest BCUT2D eigenvalue weighted by Crippen LogP contribution is 2.25. The van der Waals surface area contributed by atoms with Gasteiger partial charge in [-0.15, -0.1) is 0 Å². The zero-order valence-electron chi connectivity index (χ0n) is 24.0. The zero-order valence-corrected chi connectivity index (χ0v) is 24.0. The molecule has 220 valence electrons. The minimum atomic E-state index is -0.971. The van der Waals surface area contributed by atoms with E-state index in [4.69, 9.17) is 14.2 Å². The van der Waals surface area contributed by atoms with E-state index in [0.29, 0.717) is 18.8 Å². The van der Waals surface area contributed by atoms with E-state index in [1.54, 1.807) is 0 Å². The minimum absolute atomic E-state index is 0.0830. The molecule has 0 aromatic heterocycles. The van der Waals surface area contributed by atoms with Crippen LogP contribution in [0.2, 0.25) is 0 Å². The molecule has 0 bridgehead atoms. The summed E-state index contributed by atoms with van der Waals surface area (Å²) >= 11 is 0. The number of methoxy groups -OCH3 is 1. The molecule has 0 saturated carbocycles. The van der Waals surface area contributed by atoms with Crippen molar-refractivity contribution in [3.63, 3.8) is 0 Å². The molecule has 4 aromatic rings. The second-order valence-corrected chi connectivity index (χ2v) is 10.4. The molecule has 4 aromatic carbocycles. The Morgan fingerprint density at radius 2 is 1.42 bits per heavy atom. The van der Waals surface area contributed by atoms with Crippen LogP contribution in [-0.4, -0.2) is 42.1 Å². The van der Waals surface area contributed by atoms with Gasteiger partial charge in [0.2, 0.25) is 5.91 Å². The molecule has 0 radical (unpaired) electrons. The van der Waals surface area contributed by atoms with Gasteiger partial charge in [0.15, 0.2) is 0 Å². The number of nitrogens with zero attached hydrogens (tertiary/aromatic N) is 1. The molecule has 0 unspecified atom stereocenters. The van der Waals surface area contributed by atoms with Gasteiger partial charge in [-0.2, -0.15) is 0 Å². The summed E-state index contributed by atoms with van der Waals surface area (Å²) in [7, 11) is 1.28. The average Bonchev–Trinajstić information content (AvgIpc) is 3.06. The van der Waals surface area contributed by atoms with Gasteiger partial charge in [-0.05, 0) is 39.9 Å². The highest BCUT2D eigenvalue weighted by Gasteiger charge is 2.37. The lowest BCUT2D eigenvalue weighted by Crippen LogP contribution is -2.56. The quantitative estimate of drug-likeness (QED) is 0.259. The van der Waals surface area contributed by atoms with Gasteiger partial charge in [-0.25, -0.2) is 9.59 Å². The maximum absolute atomic E-state index is 13.8. The minimum Gasteiger partial charge on any atom is -0.489 e. The van der Waals surface area contributed by atoms with Crippen LogP contribution >= 0.6 is 0 Å². The molecule has 8 heteroatoms. The van der Waals surface area contributed by atoms with Gasteiger partial charge in [0.05, 0.1) is 13.7 Å².